The summed E-state index contributed by atoms with van der Waals surface area (Å²) in [6.07, 6.45) is 3.68. The lowest BCUT2D eigenvalue weighted by Gasteiger charge is -2.33. The van der Waals surface area contributed by atoms with Crippen LogP contribution in [-0.2, 0) is 0 Å². The van der Waals surface area contributed by atoms with Crippen LogP contribution in [0.5, 0.6) is 0 Å². The molecule has 3 rings (SSSR count). The summed E-state index contributed by atoms with van der Waals surface area (Å²) in [5, 5.41) is 14.0. The molecule has 1 aliphatic rings. The molecule has 2 amide bonds. The maximum atomic E-state index is 12.2. The van der Waals surface area contributed by atoms with Gasteiger partial charge in [0.15, 0.2) is 0 Å². The Hall–Kier alpha value is -2.03. The molecule has 0 aliphatic carbocycles. The molecule has 27 heavy (non-hydrogen) atoms. The van der Waals surface area contributed by atoms with Crippen LogP contribution in [0, 0.1) is 0 Å². The van der Waals surface area contributed by atoms with Crippen LogP contribution < -0.4 is 10.6 Å². The van der Waals surface area contributed by atoms with Crippen molar-refractivity contribution in [2.24, 2.45) is 0 Å². The number of rotatable bonds is 6. The van der Waals surface area contributed by atoms with Crippen molar-refractivity contribution < 1.29 is 9.59 Å². The molecule has 1 saturated heterocycles. The summed E-state index contributed by atoms with van der Waals surface area (Å²) in [7, 11) is 0. The summed E-state index contributed by atoms with van der Waals surface area (Å²) < 4.78 is 0. The maximum Gasteiger partial charge on any atom is 0.286 e. The highest BCUT2D eigenvalue weighted by molar-refractivity contribution is 7.15. The van der Waals surface area contributed by atoms with E-state index in [1.807, 2.05) is 0 Å². The average molecular weight is 408 g/mol. The highest BCUT2D eigenvalue weighted by Crippen LogP contribution is 2.18. The minimum Gasteiger partial charge on any atom is -0.349 e. The normalized spacial score (nSPS) is 17.5. The topological polar surface area (TPSA) is 87.2 Å². The molecule has 1 atom stereocenters. The number of halogens is 1. The van der Waals surface area contributed by atoms with E-state index in [1.165, 1.54) is 19.3 Å². The van der Waals surface area contributed by atoms with Crippen LogP contribution in [0.1, 0.15) is 45.8 Å². The predicted molar refractivity (Wildman–Crippen MR) is 107 cm³/mol. The summed E-state index contributed by atoms with van der Waals surface area (Å²) in [6, 6.07) is 7.37. The van der Waals surface area contributed by atoms with Gasteiger partial charge in [0.1, 0.15) is 0 Å². The van der Waals surface area contributed by atoms with Gasteiger partial charge in [0, 0.05) is 29.8 Å². The number of likely N-dealkylation sites (tertiary alicyclic amines) is 1. The van der Waals surface area contributed by atoms with Crippen molar-refractivity contribution in [1.82, 2.24) is 20.4 Å². The highest BCUT2D eigenvalue weighted by Gasteiger charge is 2.20. The number of carbonyl (C=O) groups excluding carboxylic acids is 2. The van der Waals surface area contributed by atoms with Crippen LogP contribution in [0.15, 0.2) is 24.3 Å². The van der Waals surface area contributed by atoms with Gasteiger partial charge in [0.25, 0.3) is 11.8 Å². The minimum atomic E-state index is -0.420. The molecule has 2 aromatic rings. The monoisotopic (exact) mass is 407 g/mol. The molecule has 2 N–H and O–H groups in total. The van der Waals surface area contributed by atoms with Crippen molar-refractivity contribution >= 4 is 40.4 Å². The number of amides is 2. The highest BCUT2D eigenvalue weighted by atomic mass is 35.5. The standard InChI is InChI=1S/C18H22ClN5O2S/c1-12-5-2-3-9-24(12)10-8-20-15(25)17-22-23-18(27-17)16(26)21-14-7-4-6-13(19)11-14/h4,6-7,11-12H,2-3,5,8-10H2,1H3,(H,20,25)(H,21,26)/t12-/m1/s1. The fourth-order valence-electron chi connectivity index (χ4n) is 3.04. The molecule has 1 fully saturated rings. The van der Waals surface area contributed by atoms with Gasteiger partial charge in [-0.1, -0.05) is 35.4 Å². The molecule has 144 valence electrons. The fraction of sp³-hybridized carbons (Fsp3) is 0.444. The molecule has 1 aliphatic heterocycles. The molecule has 1 aromatic heterocycles. The Morgan fingerprint density at radius 2 is 2.04 bits per heavy atom. The van der Waals surface area contributed by atoms with Crippen LogP contribution in [0.2, 0.25) is 5.02 Å². The first-order valence-electron chi connectivity index (χ1n) is 8.95. The summed E-state index contributed by atoms with van der Waals surface area (Å²) in [5.74, 6) is -0.727. The van der Waals surface area contributed by atoms with Crippen LogP contribution in [-0.4, -0.2) is 52.6 Å². The molecular weight excluding hydrogens is 386 g/mol. The second-order valence-electron chi connectivity index (χ2n) is 6.51. The van der Waals surface area contributed by atoms with Crippen molar-refractivity contribution in [3.8, 4) is 0 Å². The summed E-state index contributed by atoms with van der Waals surface area (Å²) in [4.78, 5) is 26.9. The van der Waals surface area contributed by atoms with E-state index in [1.54, 1.807) is 24.3 Å². The molecule has 0 saturated carbocycles. The number of benzene rings is 1. The average Bonchev–Trinajstić information content (AvgIpc) is 3.14. The van der Waals surface area contributed by atoms with E-state index < -0.39 is 5.91 Å². The van der Waals surface area contributed by atoms with E-state index in [2.05, 4.69) is 32.7 Å². The lowest BCUT2D eigenvalue weighted by Crippen LogP contribution is -2.42. The quantitative estimate of drug-likeness (QED) is 0.768. The fourth-order valence-corrected chi connectivity index (χ4v) is 3.88. The molecule has 0 unspecified atom stereocenters. The largest absolute Gasteiger partial charge is 0.349 e. The second kappa shape index (κ2) is 9.25. The van der Waals surface area contributed by atoms with Crippen molar-refractivity contribution in [2.75, 3.05) is 25.0 Å². The molecule has 2 heterocycles. The van der Waals surface area contributed by atoms with Crippen LogP contribution >= 0.6 is 22.9 Å². The van der Waals surface area contributed by atoms with E-state index in [4.69, 9.17) is 11.6 Å². The van der Waals surface area contributed by atoms with Gasteiger partial charge < -0.3 is 10.6 Å². The van der Waals surface area contributed by atoms with E-state index in [9.17, 15) is 9.59 Å². The molecule has 0 bridgehead atoms. The maximum absolute atomic E-state index is 12.2. The van der Waals surface area contributed by atoms with E-state index in [0.29, 0.717) is 23.3 Å². The van der Waals surface area contributed by atoms with Crippen molar-refractivity contribution in [2.45, 2.75) is 32.2 Å². The zero-order chi connectivity index (χ0) is 19.2. The Morgan fingerprint density at radius 1 is 1.26 bits per heavy atom. The van der Waals surface area contributed by atoms with Gasteiger partial charge in [-0.05, 0) is 44.5 Å². The molecule has 0 spiro atoms. The second-order valence-corrected chi connectivity index (χ2v) is 7.93. The zero-order valence-electron chi connectivity index (χ0n) is 15.1. The summed E-state index contributed by atoms with van der Waals surface area (Å²) in [6.45, 7) is 4.65. The number of aromatic nitrogens is 2. The summed E-state index contributed by atoms with van der Waals surface area (Å²) in [5.41, 5.74) is 0.560. The number of carbonyl (C=O) groups is 2. The number of hydrogen-bond donors (Lipinski definition) is 2. The molecular formula is C18H22ClN5O2S. The molecule has 1 aromatic carbocycles. The first-order valence-corrected chi connectivity index (χ1v) is 10.1. The molecule has 7 nitrogen and oxygen atoms in total. The molecule has 9 heteroatoms. The lowest BCUT2D eigenvalue weighted by molar-refractivity contribution is 0.0936. The van der Waals surface area contributed by atoms with Gasteiger partial charge in [-0.25, -0.2) is 0 Å². The van der Waals surface area contributed by atoms with Crippen LogP contribution in [0.3, 0.4) is 0 Å². The number of anilines is 1. The third-order valence-electron chi connectivity index (χ3n) is 4.52. The first kappa shape index (κ1) is 19.7. The lowest BCUT2D eigenvalue weighted by atomic mass is 10.0. The smallest absolute Gasteiger partial charge is 0.286 e. The Kier molecular flexibility index (Phi) is 6.76. The Bertz CT molecular complexity index is 813. The van der Waals surface area contributed by atoms with Crippen molar-refractivity contribution in [3.05, 3.63) is 39.3 Å². The Morgan fingerprint density at radius 3 is 2.78 bits per heavy atom. The number of hydrogen-bond acceptors (Lipinski definition) is 6. The van der Waals surface area contributed by atoms with Crippen molar-refractivity contribution in [1.29, 1.82) is 0 Å². The van der Waals surface area contributed by atoms with Crippen LogP contribution in [0.25, 0.3) is 0 Å². The number of nitrogens with one attached hydrogen (secondary N) is 2. The van der Waals surface area contributed by atoms with E-state index in [0.717, 1.165) is 24.4 Å². The van der Waals surface area contributed by atoms with Gasteiger partial charge in [-0.3, -0.25) is 14.5 Å². The number of piperidine rings is 1. The summed E-state index contributed by atoms with van der Waals surface area (Å²) >= 11 is 6.87. The predicted octanol–water partition coefficient (Wildman–Crippen LogP) is 3.05. The minimum absolute atomic E-state index is 0.129. The van der Waals surface area contributed by atoms with Gasteiger partial charge >= 0.3 is 0 Å². The van der Waals surface area contributed by atoms with Gasteiger partial charge in [0.05, 0.1) is 0 Å². The van der Waals surface area contributed by atoms with Gasteiger partial charge in [0.2, 0.25) is 10.0 Å². The zero-order valence-corrected chi connectivity index (χ0v) is 16.6. The van der Waals surface area contributed by atoms with Gasteiger partial charge in [-0.15, -0.1) is 10.2 Å². The van der Waals surface area contributed by atoms with Crippen LogP contribution in [0.4, 0.5) is 5.69 Å². The van der Waals surface area contributed by atoms with E-state index >= 15 is 0 Å². The Labute approximate surface area is 167 Å². The van der Waals surface area contributed by atoms with Crippen molar-refractivity contribution in [3.63, 3.8) is 0 Å². The third-order valence-corrected chi connectivity index (χ3v) is 5.68. The SMILES string of the molecule is C[C@@H]1CCCCN1CCNC(=O)c1nnc(C(=O)Nc2cccc(Cl)c2)s1. The van der Waals surface area contributed by atoms with Gasteiger partial charge in [-0.2, -0.15) is 0 Å². The Balaban J connectivity index is 1.50. The first-order chi connectivity index (χ1) is 13.0. The molecule has 0 radical (unpaired) electrons. The van der Waals surface area contributed by atoms with E-state index in [-0.39, 0.29) is 15.9 Å². The number of nitrogens with zero attached hydrogens (tertiary/aromatic N) is 3. The third kappa shape index (κ3) is 5.47.